The number of aliphatic imine (C=N–C) groups is 1. The minimum Gasteiger partial charge on any atom is -0.329 e. The minimum absolute atomic E-state index is 0.281. The van der Waals surface area contributed by atoms with Crippen LogP contribution >= 0.6 is 0 Å². The van der Waals surface area contributed by atoms with Crippen LogP contribution in [0.25, 0.3) is 11.2 Å². The predicted molar refractivity (Wildman–Crippen MR) is 89.6 cm³/mol. The van der Waals surface area contributed by atoms with Crippen molar-refractivity contribution in [1.82, 2.24) is 4.90 Å². The third-order valence-corrected chi connectivity index (χ3v) is 5.34. The van der Waals surface area contributed by atoms with E-state index in [1.165, 1.54) is 37.9 Å². The second-order valence-corrected chi connectivity index (χ2v) is 6.50. The average molecular weight is 274 g/mol. The van der Waals surface area contributed by atoms with Gasteiger partial charge in [-0.2, -0.15) is 0 Å². The summed E-state index contributed by atoms with van der Waals surface area (Å²) in [6, 6.07) is 6.10. The zero-order valence-corrected chi connectivity index (χ0v) is 12.4. The van der Waals surface area contributed by atoms with Gasteiger partial charge >= 0.3 is 0 Å². The molecule has 0 N–H and O–H groups in total. The summed E-state index contributed by atoms with van der Waals surface area (Å²) in [6.07, 6.45) is 6.36. The topological polar surface area (TPSA) is 15.6 Å². The molecule has 1 saturated heterocycles. The van der Waals surface area contributed by atoms with E-state index in [2.05, 4.69) is 24.1 Å². The van der Waals surface area contributed by atoms with E-state index in [4.69, 9.17) is 12.8 Å². The number of benzene rings is 1. The largest absolute Gasteiger partial charge is 0.329 e. The van der Waals surface area contributed by atoms with Crippen molar-refractivity contribution in [1.29, 1.82) is 0 Å². The zero-order chi connectivity index (χ0) is 14.6. The first-order valence-corrected chi connectivity index (χ1v) is 7.76. The van der Waals surface area contributed by atoms with E-state index < -0.39 is 0 Å². The molecule has 0 unspecified atom stereocenters. The Morgan fingerprint density at radius 2 is 2.00 bits per heavy atom. The average Bonchev–Trinajstić information content (AvgIpc) is 3.08. The maximum Gasteiger partial charge on any atom is 0.116 e. The quantitative estimate of drug-likeness (QED) is 0.704. The van der Waals surface area contributed by atoms with Crippen LogP contribution in [-0.2, 0) is 0 Å². The number of nitrogens with zero attached hydrogens (tertiary/aromatic N) is 2. The van der Waals surface area contributed by atoms with Gasteiger partial charge < -0.3 is 4.90 Å². The fourth-order valence-corrected chi connectivity index (χ4v) is 4.20. The SMILES string of the molecule is [B]C(=C)c1cccc2c1N=C1N(CCC13CCCC3)C2=C. The third-order valence-electron chi connectivity index (χ3n) is 5.34. The van der Waals surface area contributed by atoms with Crippen molar-refractivity contribution in [3.8, 4) is 0 Å². The Bertz CT molecular complexity index is 680. The number of hydrogen-bond acceptors (Lipinski definition) is 2. The number of para-hydroxylation sites is 1. The summed E-state index contributed by atoms with van der Waals surface area (Å²) in [4.78, 5) is 7.39. The van der Waals surface area contributed by atoms with Gasteiger partial charge in [-0.15, -0.1) is 6.58 Å². The second kappa shape index (κ2) is 4.36. The van der Waals surface area contributed by atoms with Crippen molar-refractivity contribution in [2.75, 3.05) is 6.54 Å². The van der Waals surface area contributed by atoms with Crippen LogP contribution in [0.5, 0.6) is 0 Å². The van der Waals surface area contributed by atoms with Crippen molar-refractivity contribution in [3.63, 3.8) is 0 Å². The number of fused-ring (bicyclic) bond motifs is 3. The number of amidine groups is 1. The van der Waals surface area contributed by atoms with Crippen LogP contribution in [0.15, 0.2) is 36.3 Å². The van der Waals surface area contributed by atoms with Crippen LogP contribution in [0.3, 0.4) is 0 Å². The van der Waals surface area contributed by atoms with Crippen LogP contribution < -0.4 is 0 Å². The van der Waals surface area contributed by atoms with E-state index in [1.54, 1.807) is 0 Å². The van der Waals surface area contributed by atoms with Crippen LogP contribution in [0.2, 0.25) is 0 Å². The molecule has 0 aromatic heterocycles. The van der Waals surface area contributed by atoms with Crippen LogP contribution in [0.1, 0.15) is 43.2 Å². The van der Waals surface area contributed by atoms with Gasteiger partial charge in [-0.05, 0) is 24.8 Å². The molecule has 0 atom stereocenters. The van der Waals surface area contributed by atoms with Gasteiger partial charge in [0.15, 0.2) is 0 Å². The highest BCUT2D eigenvalue weighted by atomic mass is 15.3. The Morgan fingerprint density at radius 1 is 1.24 bits per heavy atom. The molecule has 0 amide bonds. The maximum absolute atomic E-state index is 5.96. The van der Waals surface area contributed by atoms with E-state index >= 15 is 0 Å². The molecule has 2 heterocycles. The first-order chi connectivity index (χ1) is 10.1. The van der Waals surface area contributed by atoms with E-state index in [-0.39, 0.29) is 5.41 Å². The van der Waals surface area contributed by atoms with Gasteiger partial charge in [0.2, 0.25) is 0 Å². The molecule has 1 spiro atoms. The molecule has 4 rings (SSSR count). The van der Waals surface area contributed by atoms with Crippen molar-refractivity contribution < 1.29 is 0 Å². The molecule has 1 saturated carbocycles. The highest BCUT2D eigenvalue weighted by molar-refractivity contribution is 6.42. The smallest absolute Gasteiger partial charge is 0.116 e. The van der Waals surface area contributed by atoms with Gasteiger partial charge in [-0.1, -0.05) is 43.1 Å². The molecule has 3 aliphatic rings. The van der Waals surface area contributed by atoms with E-state index in [0.29, 0.717) is 5.47 Å². The number of rotatable bonds is 1. The summed E-state index contributed by atoms with van der Waals surface area (Å²) >= 11 is 0. The minimum atomic E-state index is 0.281. The lowest BCUT2D eigenvalue weighted by molar-refractivity contribution is 0.437. The molecular weight excluding hydrogens is 255 g/mol. The van der Waals surface area contributed by atoms with Gasteiger partial charge in [0.1, 0.15) is 13.7 Å². The molecule has 2 aliphatic heterocycles. The molecule has 2 fully saturated rings. The van der Waals surface area contributed by atoms with E-state index in [1.807, 2.05) is 12.1 Å². The van der Waals surface area contributed by atoms with Gasteiger partial charge in [-0.25, -0.2) is 4.99 Å². The lowest BCUT2D eigenvalue weighted by Gasteiger charge is -2.33. The fourth-order valence-electron chi connectivity index (χ4n) is 4.20. The Kier molecular flexibility index (Phi) is 2.69. The summed E-state index contributed by atoms with van der Waals surface area (Å²) in [6.45, 7) is 9.27. The van der Waals surface area contributed by atoms with Gasteiger partial charge in [0.25, 0.3) is 0 Å². The normalized spacial score (nSPS) is 22.2. The van der Waals surface area contributed by atoms with Crippen molar-refractivity contribution >= 4 is 30.5 Å². The molecule has 2 radical (unpaired) electrons. The van der Waals surface area contributed by atoms with Gasteiger partial charge in [0.05, 0.1) is 5.69 Å². The molecule has 1 aromatic carbocycles. The Hall–Kier alpha value is -1.77. The monoisotopic (exact) mass is 274 g/mol. The number of hydrogen-bond donors (Lipinski definition) is 0. The predicted octanol–water partition coefficient (Wildman–Crippen LogP) is 4.11. The zero-order valence-electron chi connectivity index (χ0n) is 12.4. The molecule has 0 bridgehead atoms. The first kappa shape index (κ1) is 12.9. The standard InChI is InChI=1S/C18H19BN2/c1-12(19)14-6-5-7-15-13(2)21-11-10-18(8-3-4-9-18)17(21)20-16(14)15/h5-7H,1-4,8-11H2. The second-order valence-electron chi connectivity index (χ2n) is 6.50. The highest BCUT2D eigenvalue weighted by Crippen LogP contribution is 2.52. The summed E-state index contributed by atoms with van der Waals surface area (Å²) < 4.78 is 0. The van der Waals surface area contributed by atoms with E-state index in [9.17, 15) is 0 Å². The Labute approximate surface area is 127 Å². The Morgan fingerprint density at radius 3 is 2.71 bits per heavy atom. The van der Waals surface area contributed by atoms with Crippen LogP contribution in [0, 0.1) is 5.41 Å². The lowest BCUT2D eigenvalue weighted by Crippen LogP contribution is -2.33. The first-order valence-electron chi connectivity index (χ1n) is 7.76. The van der Waals surface area contributed by atoms with E-state index in [0.717, 1.165) is 29.1 Å². The van der Waals surface area contributed by atoms with Crippen molar-refractivity contribution in [2.24, 2.45) is 10.4 Å². The molecular formula is C18H19BN2. The molecule has 1 aromatic rings. The molecule has 2 nitrogen and oxygen atoms in total. The van der Waals surface area contributed by atoms with Gasteiger partial charge in [-0.3, -0.25) is 0 Å². The van der Waals surface area contributed by atoms with Gasteiger partial charge in [0, 0.05) is 23.2 Å². The Balaban J connectivity index is 1.93. The summed E-state index contributed by atoms with van der Waals surface area (Å²) in [7, 11) is 5.96. The summed E-state index contributed by atoms with van der Waals surface area (Å²) in [5.74, 6) is 1.23. The summed E-state index contributed by atoms with van der Waals surface area (Å²) in [5, 5.41) is 0. The highest BCUT2D eigenvalue weighted by Gasteiger charge is 2.48. The third kappa shape index (κ3) is 1.70. The maximum atomic E-state index is 5.96. The molecule has 3 heteroatoms. The van der Waals surface area contributed by atoms with Crippen molar-refractivity contribution in [3.05, 3.63) is 42.5 Å². The molecule has 21 heavy (non-hydrogen) atoms. The van der Waals surface area contributed by atoms with Crippen molar-refractivity contribution in [2.45, 2.75) is 32.1 Å². The summed E-state index contributed by atoms with van der Waals surface area (Å²) in [5.41, 5.74) is 4.94. The lowest BCUT2D eigenvalue weighted by atomic mass is 9.83. The van der Waals surface area contributed by atoms with Crippen LogP contribution in [0.4, 0.5) is 5.69 Å². The molecule has 104 valence electrons. The van der Waals surface area contributed by atoms with Crippen LogP contribution in [-0.4, -0.2) is 25.1 Å². The molecule has 1 aliphatic carbocycles. The fraction of sp³-hybridized carbons (Fsp3) is 0.389.